The van der Waals surface area contributed by atoms with Crippen LogP contribution >= 0.6 is 0 Å². The largest absolute Gasteiger partial charge is 0.481 e. The molecule has 0 unspecified atom stereocenters. The summed E-state index contributed by atoms with van der Waals surface area (Å²) in [6, 6.07) is 4.61. The van der Waals surface area contributed by atoms with E-state index in [1.165, 1.54) is 0 Å². The molecule has 1 rings (SSSR count). The molecule has 19 heavy (non-hydrogen) atoms. The second-order valence-electron chi connectivity index (χ2n) is 5.14. The zero-order chi connectivity index (χ0) is 14.4. The molecule has 0 bridgehead atoms. The molecule has 1 aromatic heterocycles. The third kappa shape index (κ3) is 4.59. The van der Waals surface area contributed by atoms with Gasteiger partial charge in [-0.15, -0.1) is 0 Å². The first-order valence-electron chi connectivity index (χ1n) is 6.75. The van der Waals surface area contributed by atoms with E-state index in [1.807, 2.05) is 0 Å². The summed E-state index contributed by atoms with van der Waals surface area (Å²) in [7, 11) is 1.60. The summed E-state index contributed by atoms with van der Waals surface area (Å²) in [6.07, 6.45) is 0. The number of anilines is 2. The highest BCUT2D eigenvalue weighted by Gasteiger charge is 2.12. The molecule has 0 radical (unpaired) electrons. The molecule has 0 fully saturated rings. The molecule has 0 atom stereocenters. The van der Waals surface area contributed by atoms with Gasteiger partial charge in [-0.25, -0.2) is 0 Å². The van der Waals surface area contributed by atoms with E-state index in [9.17, 15) is 0 Å². The minimum Gasteiger partial charge on any atom is -0.481 e. The van der Waals surface area contributed by atoms with Crippen LogP contribution in [0.15, 0.2) is 12.1 Å². The van der Waals surface area contributed by atoms with Crippen molar-refractivity contribution in [3.05, 3.63) is 12.1 Å². The van der Waals surface area contributed by atoms with Crippen LogP contribution in [-0.4, -0.2) is 42.2 Å². The van der Waals surface area contributed by atoms with Crippen LogP contribution in [-0.2, 0) is 0 Å². The van der Waals surface area contributed by atoms with Gasteiger partial charge in [-0.2, -0.15) is 4.98 Å². The maximum absolute atomic E-state index is 5.89. The molecule has 0 saturated carbocycles. The molecule has 0 saturated heterocycles. The first-order chi connectivity index (χ1) is 8.95. The smallest absolute Gasteiger partial charge is 0.215 e. The Kier molecular flexibility index (Phi) is 5.89. The van der Waals surface area contributed by atoms with Gasteiger partial charge in [-0.1, -0.05) is 0 Å². The highest BCUT2D eigenvalue weighted by atomic mass is 16.5. The molecule has 0 aliphatic rings. The molecule has 0 aromatic carbocycles. The van der Waals surface area contributed by atoms with E-state index in [4.69, 9.17) is 10.5 Å². The second kappa shape index (κ2) is 7.19. The molecular weight excluding hydrogens is 240 g/mol. The molecule has 1 aromatic rings. The highest BCUT2D eigenvalue weighted by molar-refractivity contribution is 5.61. The number of ether oxygens (including phenoxy) is 1. The maximum atomic E-state index is 5.89. The van der Waals surface area contributed by atoms with Gasteiger partial charge < -0.3 is 15.8 Å². The molecular formula is C14H26N4O. The Labute approximate surface area is 116 Å². The Morgan fingerprint density at radius 3 is 2.42 bits per heavy atom. The van der Waals surface area contributed by atoms with Gasteiger partial charge in [0, 0.05) is 31.2 Å². The summed E-state index contributed by atoms with van der Waals surface area (Å²) in [6.45, 7) is 10.6. The summed E-state index contributed by atoms with van der Waals surface area (Å²) in [5.41, 5.74) is 6.53. The number of hydrogen-bond donors (Lipinski definition) is 2. The van der Waals surface area contributed by atoms with Crippen molar-refractivity contribution in [3.63, 3.8) is 0 Å². The Morgan fingerprint density at radius 2 is 1.89 bits per heavy atom. The van der Waals surface area contributed by atoms with Gasteiger partial charge >= 0.3 is 0 Å². The van der Waals surface area contributed by atoms with E-state index in [2.05, 4.69) is 42.9 Å². The minimum absolute atomic E-state index is 0.525. The van der Waals surface area contributed by atoms with Gasteiger partial charge in [0.1, 0.15) is 0 Å². The monoisotopic (exact) mass is 266 g/mol. The average Bonchev–Trinajstić information content (AvgIpc) is 2.35. The lowest BCUT2D eigenvalue weighted by Gasteiger charge is -2.30. The van der Waals surface area contributed by atoms with Crippen LogP contribution in [0, 0.1) is 0 Å². The number of nitrogens with zero attached hydrogens (tertiary/aromatic N) is 2. The van der Waals surface area contributed by atoms with Crippen LogP contribution in [0.25, 0.3) is 0 Å². The fourth-order valence-corrected chi connectivity index (χ4v) is 2.12. The fraction of sp³-hybridized carbons (Fsp3) is 0.643. The van der Waals surface area contributed by atoms with Gasteiger partial charge in [-0.05, 0) is 33.8 Å². The lowest BCUT2D eigenvalue weighted by molar-refractivity contribution is 0.182. The topological polar surface area (TPSA) is 63.4 Å². The van der Waals surface area contributed by atoms with Crippen molar-refractivity contribution < 1.29 is 4.74 Å². The summed E-state index contributed by atoms with van der Waals surface area (Å²) in [4.78, 5) is 6.72. The molecule has 5 heteroatoms. The molecule has 108 valence electrons. The lowest BCUT2D eigenvalue weighted by Crippen LogP contribution is -2.40. The number of nitrogens with two attached hydrogens (primary N) is 1. The maximum Gasteiger partial charge on any atom is 0.215 e. The number of aromatic nitrogens is 1. The molecule has 0 spiro atoms. The fourth-order valence-electron chi connectivity index (χ4n) is 2.12. The van der Waals surface area contributed by atoms with E-state index in [0.717, 1.165) is 13.1 Å². The number of hydrogen-bond acceptors (Lipinski definition) is 5. The predicted octanol–water partition coefficient (Wildman–Crippen LogP) is 2.20. The summed E-state index contributed by atoms with van der Waals surface area (Å²) >= 11 is 0. The third-order valence-electron chi connectivity index (χ3n) is 3.10. The minimum atomic E-state index is 0.525. The molecule has 3 N–H and O–H groups in total. The van der Waals surface area contributed by atoms with Gasteiger partial charge in [0.25, 0.3) is 0 Å². The van der Waals surface area contributed by atoms with Crippen molar-refractivity contribution in [2.24, 2.45) is 0 Å². The molecule has 0 aliphatic heterocycles. The molecule has 1 heterocycles. The summed E-state index contributed by atoms with van der Waals surface area (Å²) in [5.74, 6) is 1.26. The highest BCUT2D eigenvalue weighted by Crippen LogP contribution is 2.19. The quantitative estimate of drug-likeness (QED) is 0.792. The van der Waals surface area contributed by atoms with Crippen molar-refractivity contribution in [1.29, 1.82) is 0 Å². The molecule has 5 nitrogen and oxygen atoms in total. The Morgan fingerprint density at radius 1 is 1.26 bits per heavy atom. The first kappa shape index (κ1) is 15.6. The van der Waals surface area contributed by atoms with Gasteiger partial charge in [0.2, 0.25) is 5.88 Å². The van der Waals surface area contributed by atoms with Crippen molar-refractivity contribution in [2.45, 2.75) is 39.8 Å². The van der Waals surface area contributed by atoms with Crippen LogP contribution in [0.4, 0.5) is 11.5 Å². The van der Waals surface area contributed by atoms with Gasteiger partial charge in [-0.3, -0.25) is 4.90 Å². The second-order valence-corrected chi connectivity index (χ2v) is 5.14. The molecule has 0 amide bonds. The van der Waals surface area contributed by atoms with Gasteiger partial charge in [0.05, 0.1) is 12.8 Å². The summed E-state index contributed by atoms with van der Waals surface area (Å²) in [5, 5.41) is 3.27. The number of rotatable bonds is 7. The average molecular weight is 266 g/mol. The first-order valence-corrected chi connectivity index (χ1v) is 6.75. The standard InChI is InChI=1S/C14H26N4O/c1-10(2)18(11(3)4)9-8-16-14-12(15)6-7-13(17-14)19-5/h6-7,10-11H,8-9,15H2,1-5H3,(H,16,17). The predicted molar refractivity (Wildman–Crippen MR) is 80.7 cm³/mol. The number of nitrogens with one attached hydrogen (secondary N) is 1. The van der Waals surface area contributed by atoms with E-state index in [1.54, 1.807) is 19.2 Å². The Bertz CT molecular complexity index is 385. The van der Waals surface area contributed by atoms with E-state index in [-0.39, 0.29) is 0 Å². The number of methoxy groups -OCH3 is 1. The zero-order valence-corrected chi connectivity index (χ0v) is 12.6. The van der Waals surface area contributed by atoms with Crippen molar-refractivity contribution in [2.75, 3.05) is 31.2 Å². The van der Waals surface area contributed by atoms with Crippen molar-refractivity contribution in [1.82, 2.24) is 9.88 Å². The lowest BCUT2D eigenvalue weighted by atomic mass is 10.2. The van der Waals surface area contributed by atoms with E-state index < -0.39 is 0 Å². The zero-order valence-electron chi connectivity index (χ0n) is 12.6. The van der Waals surface area contributed by atoms with E-state index in [0.29, 0.717) is 29.5 Å². The van der Waals surface area contributed by atoms with Crippen LogP contribution in [0.5, 0.6) is 5.88 Å². The van der Waals surface area contributed by atoms with E-state index >= 15 is 0 Å². The number of nitrogen functional groups attached to an aromatic ring is 1. The van der Waals surface area contributed by atoms with Crippen LogP contribution in [0.1, 0.15) is 27.7 Å². The van der Waals surface area contributed by atoms with Crippen LogP contribution in [0.2, 0.25) is 0 Å². The van der Waals surface area contributed by atoms with Gasteiger partial charge in [0.15, 0.2) is 5.82 Å². The third-order valence-corrected chi connectivity index (χ3v) is 3.10. The SMILES string of the molecule is COc1ccc(N)c(NCCN(C(C)C)C(C)C)n1. The number of pyridine rings is 1. The normalized spacial score (nSPS) is 11.4. The Balaban J connectivity index is 2.57. The Hall–Kier alpha value is -1.49. The van der Waals surface area contributed by atoms with Crippen molar-refractivity contribution >= 4 is 11.5 Å². The van der Waals surface area contributed by atoms with Crippen molar-refractivity contribution in [3.8, 4) is 5.88 Å². The molecule has 0 aliphatic carbocycles. The summed E-state index contributed by atoms with van der Waals surface area (Å²) < 4.78 is 5.10. The van der Waals surface area contributed by atoms with Crippen LogP contribution < -0.4 is 15.8 Å². The van der Waals surface area contributed by atoms with Crippen LogP contribution in [0.3, 0.4) is 0 Å².